The molecular weight excluding hydrogens is 488 g/mol. The molecule has 1 saturated carbocycles. The number of nitrogens with one attached hydrogen (secondary N) is 2. The number of amides is 1. The number of benzene rings is 1. The molecule has 4 aromatic rings. The topological polar surface area (TPSA) is 93.8 Å². The summed E-state index contributed by atoms with van der Waals surface area (Å²) in [6, 6.07) is 13.5. The van der Waals surface area contributed by atoms with Crippen LogP contribution in [0.5, 0.6) is 0 Å². The Hall–Kier alpha value is -3.65. The zero-order valence-corrected chi connectivity index (χ0v) is 21.8. The van der Waals surface area contributed by atoms with Crippen molar-refractivity contribution in [1.82, 2.24) is 24.4 Å². The number of hydrogen-bond acceptors (Lipinski definition) is 5. The molecule has 9 heteroatoms. The van der Waals surface area contributed by atoms with Crippen LogP contribution in [0.15, 0.2) is 59.7 Å². The highest BCUT2D eigenvalue weighted by Gasteiger charge is 2.25. The van der Waals surface area contributed by atoms with Crippen LogP contribution in [0.1, 0.15) is 48.7 Å². The number of imidazole rings is 1. The van der Waals surface area contributed by atoms with Crippen LogP contribution < -0.4 is 16.3 Å². The van der Waals surface area contributed by atoms with E-state index in [9.17, 15) is 9.59 Å². The van der Waals surface area contributed by atoms with Gasteiger partial charge in [-0.25, -0.2) is 9.78 Å². The Morgan fingerprint density at radius 2 is 1.81 bits per heavy atom. The van der Waals surface area contributed by atoms with E-state index >= 15 is 0 Å². The van der Waals surface area contributed by atoms with Gasteiger partial charge in [0, 0.05) is 25.3 Å². The molecule has 8 nitrogen and oxygen atoms in total. The first-order valence-electron chi connectivity index (χ1n) is 12.8. The minimum absolute atomic E-state index is 0.0569. The second-order valence-electron chi connectivity index (χ2n) is 9.63. The van der Waals surface area contributed by atoms with Crippen LogP contribution in [0.25, 0.3) is 16.7 Å². The van der Waals surface area contributed by atoms with E-state index in [2.05, 4.69) is 20.6 Å². The van der Waals surface area contributed by atoms with E-state index in [1.54, 1.807) is 23.0 Å². The normalized spacial score (nSPS) is 17.6. The number of para-hydroxylation sites is 2. The first-order chi connectivity index (χ1) is 17.9. The first kappa shape index (κ1) is 25.0. The van der Waals surface area contributed by atoms with Crippen LogP contribution >= 0.6 is 11.6 Å². The number of anilines is 1. The highest BCUT2D eigenvalue weighted by molar-refractivity contribution is 6.30. The van der Waals surface area contributed by atoms with Gasteiger partial charge in [0.25, 0.3) is 5.91 Å². The van der Waals surface area contributed by atoms with Gasteiger partial charge in [-0.2, -0.15) is 0 Å². The Bertz CT molecular complexity index is 1470. The predicted molar refractivity (Wildman–Crippen MR) is 147 cm³/mol. The second-order valence-corrected chi connectivity index (χ2v) is 10.1. The molecule has 37 heavy (non-hydrogen) atoms. The standard InChI is InChI=1S/C28H31ClN6O2/c1-3-30-26-13-12-22(16-32-26)35-25-7-5-4-6-24(25)34(28(35)37)17-19-8-10-21(11-9-19)33-27(36)23-14-20(29)15-31-18(23)2/h4-7,12-16,19,21H,3,8-11,17H2,1-2H3,(H,30,32)(H,33,36). The lowest BCUT2D eigenvalue weighted by molar-refractivity contribution is 0.0919. The fraction of sp³-hybridized carbons (Fsp3) is 0.357. The SMILES string of the molecule is CCNc1ccc(-n2c(=O)n(CC3CCC(NC(=O)c4cc(Cl)cnc4C)CC3)c3ccccc32)cn1. The van der Waals surface area contributed by atoms with Crippen molar-refractivity contribution in [2.45, 2.75) is 52.1 Å². The maximum Gasteiger partial charge on any atom is 0.333 e. The summed E-state index contributed by atoms with van der Waals surface area (Å²) in [6.07, 6.45) is 6.89. The number of aryl methyl sites for hydroxylation is 1. The van der Waals surface area contributed by atoms with Crippen LogP contribution in [0, 0.1) is 12.8 Å². The van der Waals surface area contributed by atoms with Crippen molar-refractivity contribution in [3.8, 4) is 5.69 Å². The summed E-state index contributed by atoms with van der Waals surface area (Å²) in [7, 11) is 0. The summed E-state index contributed by atoms with van der Waals surface area (Å²) in [5, 5.41) is 6.79. The first-order valence-corrected chi connectivity index (χ1v) is 13.2. The lowest BCUT2D eigenvalue weighted by Gasteiger charge is -2.29. The van der Waals surface area contributed by atoms with Gasteiger partial charge < -0.3 is 10.6 Å². The average Bonchev–Trinajstić information content (AvgIpc) is 3.18. The van der Waals surface area contributed by atoms with Gasteiger partial charge in [0.2, 0.25) is 0 Å². The van der Waals surface area contributed by atoms with Crippen LogP contribution in [0.4, 0.5) is 5.82 Å². The number of hydrogen-bond donors (Lipinski definition) is 2. The largest absolute Gasteiger partial charge is 0.370 e. The number of aromatic nitrogens is 4. The minimum atomic E-state index is -0.135. The van der Waals surface area contributed by atoms with Crippen molar-refractivity contribution < 1.29 is 4.79 Å². The molecule has 5 rings (SSSR count). The molecule has 0 radical (unpaired) electrons. The highest BCUT2D eigenvalue weighted by atomic mass is 35.5. The van der Waals surface area contributed by atoms with Gasteiger partial charge in [-0.15, -0.1) is 0 Å². The second kappa shape index (κ2) is 10.8. The highest BCUT2D eigenvalue weighted by Crippen LogP contribution is 2.28. The third-order valence-corrected chi connectivity index (χ3v) is 7.33. The quantitative estimate of drug-likeness (QED) is 0.360. The van der Waals surface area contributed by atoms with E-state index in [1.165, 1.54) is 0 Å². The van der Waals surface area contributed by atoms with E-state index in [-0.39, 0.29) is 17.6 Å². The zero-order valence-electron chi connectivity index (χ0n) is 21.1. The monoisotopic (exact) mass is 518 g/mol. The Balaban J connectivity index is 1.30. The van der Waals surface area contributed by atoms with Gasteiger partial charge in [0.15, 0.2) is 0 Å². The number of fused-ring (bicyclic) bond motifs is 1. The average molecular weight is 519 g/mol. The molecule has 3 heterocycles. The molecule has 0 atom stereocenters. The molecule has 1 aromatic carbocycles. The summed E-state index contributed by atoms with van der Waals surface area (Å²) in [5.41, 5.74) is 3.66. The molecule has 1 amide bonds. The van der Waals surface area contributed by atoms with E-state index < -0.39 is 0 Å². The molecule has 1 aliphatic carbocycles. The molecule has 3 aromatic heterocycles. The third kappa shape index (κ3) is 5.25. The van der Waals surface area contributed by atoms with Crippen molar-refractivity contribution >= 4 is 34.4 Å². The van der Waals surface area contributed by atoms with Gasteiger partial charge in [0.05, 0.1) is 39.2 Å². The molecule has 1 fully saturated rings. The van der Waals surface area contributed by atoms with Gasteiger partial charge in [-0.05, 0) is 75.8 Å². The van der Waals surface area contributed by atoms with Crippen LogP contribution in [-0.2, 0) is 6.54 Å². The number of nitrogens with zero attached hydrogens (tertiary/aromatic N) is 4. The van der Waals surface area contributed by atoms with Crippen molar-refractivity contribution in [3.05, 3.63) is 81.6 Å². The summed E-state index contributed by atoms with van der Waals surface area (Å²) < 4.78 is 3.63. The van der Waals surface area contributed by atoms with Crippen molar-refractivity contribution in [1.29, 1.82) is 0 Å². The maximum absolute atomic E-state index is 13.6. The molecule has 0 saturated heterocycles. The van der Waals surface area contributed by atoms with Crippen LogP contribution in [0.3, 0.4) is 0 Å². The zero-order chi connectivity index (χ0) is 25.9. The molecule has 0 aliphatic heterocycles. The minimum Gasteiger partial charge on any atom is -0.370 e. The van der Waals surface area contributed by atoms with Crippen molar-refractivity contribution in [3.63, 3.8) is 0 Å². The number of carbonyl (C=O) groups excluding carboxylic acids is 1. The Kier molecular flexibility index (Phi) is 7.28. The molecule has 0 spiro atoms. The molecule has 192 valence electrons. The summed E-state index contributed by atoms with van der Waals surface area (Å²) >= 11 is 6.04. The van der Waals surface area contributed by atoms with Crippen LogP contribution in [0.2, 0.25) is 5.02 Å². The van der Waals surface area contributed by atoms with Gasteiger partial charge in [0.1, 0.15) is 5.82 Å². The fourth-order valence-electron chi connectivity index (χ4n) is 5.19. The van der Waals surface area contributed by atoms with Gasteiger partial charge in [-0.3, -0.25) is 18.9 Å². The number of pyridine rings is 2. The smallest absolute Gasteiger partial charge is 0.333 e. The van der Waals surface area contributed by atoms with E-state index in [1.807, 2.05) is 54.8 Å². The summed E-state index contributed by atoms with van der Waals surface area (Å²) in [5.74, 6) is 1.01. The predicted octanol–water partition coefficient (Wildman–Crippen LogP) is 4.96. The van der Waals surface area contributed by atoms with E-state index in [0.29, 0.717) is 28.7 Å². The van der Waals surface area contributed by atoms with Crippen molar-refractivity contribution in [2.24, 2.45) is 5.92 Å². The maximum atomic E-state index is 13.6. The van der Waals surface area contributed by atoms with Crippen LogP contribution in [-0.4, -0.2) is 37.6 Å². The van der Waals surface area contributed by atoms with Gasteiger partial charge in [-0.1, -0.05) is 23.7 Å². The molecule has 0 unspecified atom stereocenters. The lowest BCUT2D eigenvalue weighted by Crippen LogP contribution is -2.39. The Morgan fingerprint density at radius 3 is 2.51 bits per heavy atom. The summed E-state index contributed by atoms with van der Waals surface area (Å²) in [6.45, 7) is 5.26. The molecular formula is C28H31ClN6O2. The third-order valence-electron chi connectivity index (χ3n) is 7.12. The fourth-order valence-corrected chi connectivity index (χ4v) is 5.34. The molecule has 1 aliphatic rings. The van der Waals surface area contributed by atoms with E-state index in [0.717, 1.165) is 54.8 Å². The molecule has 0 bridgehead atoms. The van der Waals surface area contributed by atoms with E-state index in [4.69, 9.17) is 11.6 Å². The summed E-state index contributed by atoms with van der Waals surface area (Å²) in [4.78, 5) is 35.0. The number of halogens is 1. The van der Waals surface area contributed by atoms with Gasteiger partial charge >= 0.3 is 5.69 Å². The number of rotatable bonds is 7. The van der Waals surface area contributed by atoms with Crippen molar-refractivity contribution in [2.75, 3.05) is 11.9 Å². The Labute approximate surface area is 220 Å². The molecule has 2 N–H and O–H groups in total. The Morgan fingerprint density at radius 1 is 1.05 bits per heavy atom. The lowest BCUT2D eigenvalue weighted by atomic mass is 9.85. The number of carbonyl (C=O) groups is 1.